The molecule has 3 rings (SSSR count). The quantitative estimate of drug-likeness (QED) is 0.847. The highest BCUT2D eigenvalue weighted by molar-refractivity contribution is 5.76. The van der Waals surface area contributed by atoms with E-state index in [2.05, 4.69) is 21.8 Å². The summed E-state index contributed by atoms with van der Waals surface area (Å²) in [5.74, 6) is 0.300. The third-order valence-corrected chi connectivity index (χ3v) is 5.49. The Bertz CT molecular complexity index is 589. The van der Waals surface area contributed by atoms with Gasteiger partial charge in [-0.25, -0.2) is 9.78 Å². The summed E-state index contributed by atoms with van der Waals surface area (Å²) in [6.45, 7) is 5.92. The first-order valence-electron chi connectivity index (χ1n) is 9.28. The van der Waals surface area contributed by atoms with Gasteiger partial charge in [-0.15, -0.1) is 0 Å². The summed E-state index contributed by atoms with van der Waals surface area (Å²) in [4.78, 5) is 30.5. The molecule has 1 saturated carbocycles. The zero-order valence-corrected chi connectivity index (χ0v) is 15.1. The predicted molar refractivity (Wildman–Crippen MR) is 92.9 cm³/mol. The van der Waals surface area contributed by atoms with Gasteiger partial charge in [-0.1, -0.05) is 6.92 Å². The maximum atomic E-state index is 12.7. The molecule has 2 fully saturated rings. The van der Waals surface area contributed by atoms with Crippen molar-refractivity contribution in [2.75, 3.05) is 19.7 Å². The van der Waals surface area contributed by atoms with Crippen molar-refractivity contribution < 1.29 is 14.3 Å². The number of imidazole rings is 1. The van der Waals surface area contributed by atoms with Crippen LogP contribution in [-0.2, 0) is 9.53 Å². The highest BCUT2D eigenvalue weighted by Crippen LogP contribution is 2.29. The van der Waals surface area contributed by atoms with Crippen LogP contribution in [0.3, 0.4) is 0 Å². The predicted octanol–water partition coefficient (Wildman–Crippen LogP) is 2.21. The lowest BCUT2D eigenvalue weighted by atomic mass is 9.93. The van der Waals surface area contributed by atoms with Crippen LogP contribution in [0.25, 0.3) is 0 Å². The summed E-state index contributed by atoms with van der Waals surface area (Å²) in [6.07, 6.45) is 8.85. The Morgan fingerprint density at radius 1 is 1.32 bits per heavy atom. The maximum Gasteiger partial charge on any atom is 0.317 e. The lowest BCUT2D eigenvalue weighted by molar-refractivity contribution is -0.147. The summed E-state index contributed by atoms with van der Waals surface area (Å²) in [5, 5.41) is 3.11. The number of likely N-dealkylation sites (tertiary alicyclic amines) is 1. The van der Waals surface area contributed by atoms with E-state index in [0.717, 1.165) is 25.8 Å². The molecule has 0 bridgehead atoms. The summed E-state index contributed by atoms with van der Waals surface area (Å²) < 4.78 is 7.19. The number of piperidine rings is 1. The number of hydrogen-bond acceptors (Lipinski definition) is 4. The van der Waals surface area contributed by atoms with Crippen molar-refractivity contribution in [1.82, 2.24) is 19.8 Å². The molecule has 138 valence electrons. The second kappa shape index (κ2) is 7.89. The molecule has 7 heteroatoms. The summed E-state index contributed by atoms with van der Waals surface area (Å²) >= 11 is 0. The van der Waals surface area contributed by atoms with Gasteiger partial charge in [0.2, 0.25) is 0 Å². The van der Waals surface area contributed by atoms with E-state index in [4.69, 9.17) is 4.74 Å². The van der Waals surface area contributed by atoms with Gasteiger partial charge >= 0.3 is 12.0 Å². The van der Waals surface area contributed by atoms with E-state index in [1.54, 1.807) is 6.20 Å². The smallest absolute Gasteiger partial charge is 0.317 e. The fourth-order valence-corrected chi connectivity index (χ4v) is 3.94. The summed E-state index contributed by atoms with van der Waals surface area (Å²) in [5.41, 5.74) is 0. The monoisotopic (exact) mass is 348 g/mol. The van der Waals surface area contributed by atoms with E-state index in [1.165, 1.54) is 0 Å². The van der Waals surface area contributed by atoms with Crippen LogP contribution < -0.4 is 5.32 Å². The molecule has 4 atom stereocenters. The molecule has 1 N–H and O–H groups in total. The number of carbonyl (C=O) groups is 2. The van der Waals surface area contributed by atoms with E-state index in [0.29, 0.717) is 25.5 Å². The molecule has 25 heavy (non-hydrogen) atoms. The molecular weight excluding hydrogens is 320 g/mol. The van der Waals surface area contributed by atoms with Crippen LogP contribution >= 0.6 is 0 Å². The second-order valence-corrected chi connectivity index (χ2v) is 7.20. The highest BCUT2D eigenvalue weighted by Gasteiger charge is 2.34. The standard InChI is InChI=1S/C18H28N4O3/c1-3-25-17(23)14-4-5-15(10-14)20-18(24)21-8-6-13(2)16(11-21)22-9-7-19-12-22/h7,9,12-16H,3-6,8,10-11H2,1-2H3,(H,20,24)/t13?,14-,15+,16?/m1/s1. The van der Waals surface area contributed by atoms with Crippen molar-refractivity contribution in [3.8, 4) is 0 Å². The van der Waals surface area contributed by atoms with Gasteiger partial charge in [-0.3, -0.25) is 4.79 Å². The first-order valence-corrected chi connectivity index (χ1v) is 9.28. The van der Waals surface area contributed by atoms with Gasteiger partial charge in [-0.05, 0) is 38.5 Å². The zero-order chi connectivity index (χ0) is 17.8. The Morgan fingerprint density at radius 3 is 2.88 bits per heavy atom. The second-order valence-electron chi connectivity index (χ2n) is 7.20. The maximum absolute atomic E-state index is 12.7. The minimum Gasteiger partial charge on any atom is -0.466 e. The summed E-state index contributed by atoms with van der Waals surface area (Å²) in [7, 11) is 0. The van der Waals surface area contributed by atoms with Crippen LogP contribution in [0.15, 0.2) is 18.7 Å². The van der Waals surface area contributed by atoms with Crippen molar-refractivity contribution in [3.63, 3.8) is 0 Å². The molecule has 0 radical (unpaired) electrons. The molecule has 2 aliphatic rings. The highest BCUT2D eigenvalue weighted by atomic mass is 16.5. The molecule has 0 aromatic carbocycles. The van der Waals surface area contributed by atoms with Crippen LogP contribution in [0.1, 0.15) is 45.6 Å². The van der Waals surface area contributed by atoms with Gasteiger partial charge in [0, 0.05) is 31.5 Å². The number of amides is 2. The van der Waals surface area contributed by atoms with Crippen molar-refractivity contribution >= 4 is 12.0 Å². The van der Waals surface area contributed by atoms with Gasteiger partial charge in [-0.2, -0.15) is 0 Å². The minimum absolute atomic E-state index is 0.0217. The minimum atomic E-state index is -0.133. The van der Waals surface area contributed by atoms with Crippen LogP contribution in [0.2, 0.25) is 0 Å². The van der Waals surface area contributed by atoms with Crippen molar-refractivity contribution in [3.05, 3.63) is 18.7 Å². The molecule has 1 aliphatic carbocycles. The number of urea groups is 1. The fourth-order valence-electron chi connectivity index (χ4n) is 3.94. The van der Waals surface area contributed by atoms with Crippen LogP contribution in [0, 0.1) is 11.8 Å². The van der Waals surface area contributed by atoms with Gasteiger partial charge in [0.1, 0.15) is 0 Å². The van der Waals surface area contributed by atoms with Crippen molar-refractivity contribution in [1.29, 1.82) is 0 Å². The molecule has 1 aromatic heterocycles. The largest absolute Gasteiger partial charge is 0.466 e. The molecule has 0 spiro atoms. The molecule has 2 unspecified atom stereocenters. The zero-order valence-electron chi connectivity index (χ0n) is 15.1. The molecule has 7 nitrogen and oxygen atoms in total. The third kappa shape index (κ3) is 4.14. The molecular formula is C18H28N4O3. The normalized spacial score (nSPS) is 29.4. The third-order valence-electron chi connectivity index (χ3n) is 5.49. The Hall–Kier alpha value is -2.05. The molecule has 1 aliphatic heterocycles. The van der Waals surface area contributed by atoms with Crippen molar-refractivity contribution in [2.45, 2.75) is 51.6 Å². The van der Waals surface area contributed by atoms with Crippen LogP contribution in [0.5, 0.6) is 0 Å². The number of nitrogens with zero attached hydrogens (tertiary/aromatic N) is 3. The molecule has 2 amide bonds. The number of carbonyl (C=O) groups excluding carboxylic acids is 2. The number of hydrogen-bond donors (Lipinski definition) is 1. The first-order chi connectivity index (χ1) is 12.1. The SMILES string of the molecule is CCOC(=O)[C@@H]1CC[C@H](NC(=O)N2CCC(C)C(n3ccnc3)C2)C1. The Balaban J connectivity index is 1.52. The Morgan fingerprint density at radius 2 is 2.16 bits per heavy atom. The lowest BCUT2D eigenvalue weighted by Gasteiger charge is -2.38. The molecule has 2 heterocycles. The number of aromatic nitrogens is 2. The Kier molecular flexibility index (Phi) is 5.60. The Labute approximate surface area is 148 Å². The summed E-state index contributed by atoms with van der Waals surface area (Å²) in [6, 6.07) is 0.303. The number of nitrogens with one attached hydrogen (secondary N) is 1. The van der Waals surface area contributed by atoms with E-state index < -0.39 is 0 Å². The number of esters is 1. The lowest BCUT2D eigenvalue weighted by Crippen LogP contribution is -2.50. The van der Waals surface area contributed by atoms with Gasteiger partial charge < -0.3 is 19.5 Å². The van der Waals surface area contributed by atoms with E-state index in [9.17, 15) is 9.59 Å². The van der Waals surface area contributed by atoms with Crippen molar-refractivity contribution in [2.24, 2.45) is 11.8 Å². The van der Waals surface area contributed by atoms with E-state index >= 15 is 0 Å². The van der Waals surface area contributed by atoms with Crippen LogP contribution in [0.4, 0.5) is 4.79 Å². The van der Waals surface area contributed by atoms with Gasteiger partial charge in [0.25, 0.3) is 0 Å². The fraction of sp³-hybridized carbons (Fsp3) is 0.722. The number of rotatable bonds is 4. The number of ether oxygens (including phenoxy) is 1. The average Bonchev–Trinajstić information content (AvgIpc) is 3.27. The van der Waals surface area contributed by atoms with Gasteiger partial charge in [0.15, 0.2) is 0 Å². The van der Waals surface area contributed by atoms with Crippen LogP contribution in [-0.4, -0.2) is 52.2 Å². The first kappa shape index (κ1) is 17.8. The molecule has 1 aromatic rings. The topological polar surface area (TPSA) is 76.5 Å². The van der Waals surface area contributed by atoms with Gasteiger partial charge in [0.05, 0.1) is 24.9 Å². The molecule has 1 saturated heterocycles. The average molecular weight is 348 g/mol. The van der Waals surface area contributed by atoms with E-state index in [1.807, 2.05) is 24.3 Å². The van der Waals surface area contributed by atoms with E-state index in [-0.39, 0.29) is 30.0 Å².